The molecule has 1 aliphatic rings. The maximum atomic E-state index is 12.1. The Morgan fingerprint density at radius 2 is 1.94 bits per heavy atom. The Kier molecular flexibility index (Phi) is 7.76. The summed E-state index contributed by atoms with van der Waals surface area (Å²) < 4.78 is 16.5. The van der Waals surface area contributed by atoms with Crippen LogP contribution in [0.15, 0.2) is 40.7 Å². The zero-order valence-electron chi connectivity index (χ0n) is 16.8. The van der Waals surface area contributed by atoms with Gasteiger partial charge in [0.15, 0.2) is 22.4 Å². The van der Waals surface area contributed by atoms with E-state index in [0.717, 1.165) is 16.9 Å². The fourth-order valence-corrected chi connectivity index (χ4v) is 4.70. The molecule has 0 saturated carbocycles. The first kappa shape index (κ1) is 23.4. The molecule has 0 saturated heterocycles. The lowest BCUT2D eigenvalue weighted by Crippen LogP contribution is -2.24. The second-order valence-corrected chi connectivity index (χ2v) is 9.58. The highest BCUT2D eigenvalue weighted by Crippen LogP contribution is 2.32. The number of carbonyl (C=O) groups excluding carboxylic acids is 2. The zero-order valence-corrected chi connectivity index (χ0v) is 19.9. The van der Waals surface area contributed by atoms with E-state index in [1.807, 2.05) is 18.2 Å². The first-order valence-electron chi connectivity index (χ1n) is 9.45. The van der Waals surface area contributed by atoms with Crippen LogP contribution in [0.4, 0.5) is 5.13 Å². The number of rotatable bonds is 9. The molecule has 172 valence electrons. The molecule has 0 unspecified atom stereocenters. The molecule has 2 aromatic carbocycles. The van der Waals surface area contributed by atoms with Crippen molar-refractivity contribution in [3.05, 3.63) is 52.0 Å². The molecule has 0 bridgehead atoms. The van der Waals surface area contributed by atoms with E-state index in [4.69, 9.17) is 37.4 Å². The number of nitrogens with one attached hydrogen (secondary N) is 2. The highest BCUT2D eigenvalue weighted by Gasteiger charge is 2.14. The Bertz CT molecular complexity index is 1180. The van der Waals surface area contributed by atoms with Gasteiger partial charge in [-0.3, -0.25) is 14.9 Å². The molecule has 0 aliphatic carbocycles. The van der Waals surface area contributed by atoms with Crippen molar-refractivity contribution in [2.24, 2.45) is 0 Å². The first-order chi connectivity index (χ1) is 16.0. The van der Waals surface area contributed by atoms with Crippen LogP contribution in [-0.4, -0.2) is 41.2 Å². The quantitative estimate of drug-likeness (QED) is 0.317. The van der Waals surface area contributed by atoms with E-state index in [1.54, 1.807) is 12.1 Å². The van der Waals surface area contributed by atoms with Crippen molar-refractivity contribution in [3.8, 4) is 17.2 Å². The molecule has 13 heteroatoms. The molecule has 0 fully saturated rings. The summed E-state index contributed by atoms with van der Waals surface area (Å²) in [5.74, 6) is 1.28. The third-order valence-electron chi connectivity index (χ3n) is 4.16. The van der Waals surface area contributed by atoms with Crippen LogP contribution >= 0.6 is 46.3 Å². The smallest absolute Gasteiger partial charge is 0.264 e. The normalized spacial score (nSPS) is 11.8. The number of halogens is 2. The maximum Gasteiger partial charge on any atom is 0.264 e. The summed E-state index contributed by atoms with van der Waals surface area (Å²) in [6, 6.07) is 10.2. The van der Waals surface area contributed by atoms with Gasteiger partial charge >= 0.3 is 0 Å². The SMILES string of the molecule is O=C(CSc1nnc(NC(=O)COc2ccc(Cl)cc2Cl)s1)NCc1ccc2c(c1)OCO2. The van der Waals surface area contributed by atoms with Gasteiger partial charge in [0, 0.05) is 11.6 Å². The number of fused-ring (bicyclic) bond motifs is 1. The molecule has 0 atom stereocenters. The van der Waals surface area contributed by atoms with E-state index in [1.165, 1.54) is 17.8 Å². The molecule has 1 aromatic heterocycles. The lowest BCUT2D eigenvalue weighted by atomic mass is 10.2. The molecule has 3 aromatic rings. The number of hydrogen-bond donors (Lipinski definition) is 2. The lowest BCUT2D eigenvalue weighted by Gasteiger charge is -2.07. The molecule has 0 spiro atoms. The minimum atomic E-state index is -0.421. The summed E-state index contributed by atoms with van der Waals surface area (Å²) in [4.78, 5) is 24.2. The van der Waals surface area contributed by atoms with Crippen LogP contribution in [-0.2, 0) is 16.1 Å². The van der Waals surface area contributed by atoms with Gasteiger partial charge in [-0.2, -0.15) is 0 Å². The molecule has 4 rings (SSSR count). The van der Waals surface area contributed by atoms with Gasteiger partial charge in [-0.05, 0) is 35.9 Å². The Balaban J connectivity index is 1.18. The topological polar surface area (TPSA) is 112 Å². The second-order valence-electron chi connectivity index (χ2n) is 6.54. The summed E-state index contributed by atoms with van der Waals surface area (Å²) in [6.07, 6.45) is 0. The van der Waals surface area contributed by atoms with Crippen molar-refractivity contribution in [1.29, 1.82) is 0 Å². The average Bonchev–Trinajstić information content (AvgIpc) is 3.44. The number of carbonyl (C=O) groups is 2. The van der Waals surface area contributed by atoms with Gasteiger partial charge in [0.2, 0.25) is 17.8 Å². The van der Waals surface area contributed by atoms with E-state index in [0.29, 0.717) is 43.3 Å². The maximum absolute atomic E-state index is 12.1. The Labute approximate surface area is 206 Å². The van der Waals surface area contributed by atoms with Crippen molar-refractivity contribution in [1.82, 2.24) is 15.5 Å². The van der Waals surface area contributed by atoms with Gasteiger partial charge in [0.1, 0.15) is 5.75 Å². The van der Waals surface area contributed by atoms with E-state index in [9.17, 15) is 9.59 Å². The first-order valence-corrected chi connectivity index (χ1v) is 12.0. The van der Waals surface area contributed by atoms with Crippen molar-refractivity contribution in [2.45, 2.75) is 10.9 Å². The third-order valence-corrected chi connectivity index (χ3v) is 6.66. The van der Waals surface area contributed by atoms with Gasteiger partial charge in [0.25, 0.3) is 5.91 Å². The molecule has 33 heavy (non-hydrogen) atoms. The van der Waals surface area contributed by atoms with Gasteiger partial charge < -0.3 is 19.5 Å². The summed E-state index contributed by atoms with van der Waals surface area (Å²) in [5, 5.41) is 14.4. The minimum Gasteiger partial charge on any atom is -0.482 e. The van der Waals surface area contributed by atoms with Crippen molar-refractivity contribution in [2.75, 3.05) is 24.5 Å². The molecule has 1 aliphatic heterocycles. The van der Waals surface area contributed by atoms with Crippen LogP contribution in [0.25, 0.3) is 0 Å². The Morgan fingerprint density at radius 3 is 2.79 bits per heavy atom. The van der Waals surface area contributed by atoms with Gasteiger partial charge in [-0.1, -0.05) is 52.4 Å². The number of amides is 2. The van der Waals surface area contributed by atoms with Crippen LogP contribution in [0.1, 0.15) is 5.56 Å². The fourth-order valence-electron chi connectivity index (χ4n) is 2.64. The van der Waals surface area contributed by atoms with Crippen LogP contribution < -0.4 is 24.8 Å². The Hall–Kier alpha value is -2.73. The van der Waals surface area contributed by atoms with Gasteiger partial charge in [0.05, 0.1) is 10.8 Å². The Morgan fingerprint density at radius 1 is 1.09 bits per heavy atom. The number of benzene rings is 2. The van der Waals surface area contributed by atoms with Crippen LogP contribution in [0.2, 0.25) is 10.0 Å². The minimum absolute atomic E-state index is 0.158. The largest absolute Gasteiger partial charge is 0.482 e. The predicted octanol–water partition coefficient (Wildman–Crippen LogP) is 4.00. The van der Waals surface area contributed by atoms with Crippen LogP contribution in [0, 0.1) is 0 Å². The number of nitrogens with zero attached hydrogens (tertiary/aromatic N) is 2. The highest BCUT2D eigenvalue weighted by atomic mass is 35.5. The number of anilines is 1. The van der Waals surface area contributed by atoms with Crippen LogP contribution in [0.5, 0.6) is 17.2 Å². The second kappa shape index (κ2) is 10.9. The highest BCUT2D eigenvalue weighted by molar-refractivity contribution is 8.01. The van der Waals surface area contributed by atoms with E-state index >= 15 is 0 Å². The summed E-state index contributed by atoms with van der Waals surface area (Å²) >= 11 is 14.2. The monoisotopic (exact) mass is 526 g/mol. The van der Waals surface area contributed by atoms with Crippen molar-refractivity contribution < 1.29 is 23.8 Å². The average molecular weight is 527 g/mol. The fraction of sp³-hybridized carbons (Fsp3) is 0.200. The molecule has 2 N–H and O–H groups in total. The lowest BCUT2D eigenvalue weighted by molar-refractivity contribution is -0.119. The molecule has 2 heterocycles. The summed E-state index contributed by atoms with van der Waals surface area (Å²) in [6.45, 7) is 0.312. The molecule has 2 amide bonds. The molecular formula is C20H16Cl2N4O5S2. The summed E-state index contributed by atoms with van der Waals surface area (Å²) in [5.41, 5.74) is 0.903. The molecule has 0 radical (unpaired) electrons. The standard InChI is InChI=1S/C20H16Cl2N4O5S2/c21-12-2-4-14(13(22)6-12)29-8-17(27)24-19-25-26-20(33-19)32-9-18(28)23-7-11-1-3-15-16(5-11)31-10-30-15/h1-6H,7-10H2,(H,23,28)(H,24,25,27). The molecular weight excluding hydrogens is 511 g/mol. The number of aromatic nitrogens is 2. The number of ether oxygens (including phenoxy) is 3. The number of hydrogen-bond acceptors (Lipinski definition) is 9. The van der Waals surface area contributed by atoms with Gasteiger partial charge in [-0.15, -0.1) is 10.2 Å². The zero-order chi connectivity index (χ0) is 23.2. The van der Waals surface area contributed by atoms with Crippen molar-refractivity contribution in [3.63, 3.8) is 0 Å². The van der Waals surface area contributed by atoms with Crippen molar-refractivity contribution >= 4 is 63.2 Å². The van der Waals surface area contributed by atoms with Gasteiger partial charge in [-0.25, -0.2) is 0 Å². The van der Waals surface area contributed by atoms with E-state index < -0.39 is 5.91 Å². The predicted molar refractivity (Wildman–Crippen MR) is 126 cm³/mol. The van der Waals surface area contributed by atoms with E-state index in [2.05, 4.69) is 20.8 Å². The summed E-state index contributed by atoms with van der Waals surface area (Å²) in [7, 11) is 0. The van der Waals surface area contributed by atoms with Crippen LogP contribution in [0.3, 0.4) is 0 Å². The third kappa shape index (κ3) is 6.64. The number of thioether (sulfide) groups is 1. The van der Waals surface area contributed by atoms with E-state index in [-0.39, 0.29) is 25.1 Å². The molecule has 9 nitrogen and oxygen atoms in total.